The second kappa shape index (κ2) is 8.61. The van der Waals surface area contributed by atoms with Crippen LogP contribution < -0.4 is 10.2 Å². The molecule has 0 bridgehead atoms. The van der Waals surface area contributed by atoms with Crippen LogP contribution in [0.4, 0.5) is 13.2 Å². The van der Waals surface area contributed by atoms with Crippen LogP contribution in [0.15, 0.2) is 28.1 Å². The Labute approximate surface area is 182 Å². The number of amides is 1. The lowest BCUT2D eigenvalue weighted by molar-refractivity contribution is -0.906. The van der Waals surface area contributed by atoms with Gasteiger partial charge in [-0.05, 0) is 33.4 Å². The molecule has 2 N–H and O–H groups in total. The second-order valence-electron chi connectivity index (χ2n) is 6.77. The Morgan fingerprint density at radius 1 is 1.37 bits per heavy atom. The largest absolute Gasteiger partial charge is 0.433 e. The molecular weight excluding hydrogens is 487 g/mol. The average Bonchev–Trinajstić information content (AvgIpc) is 3.36. The van der Waals surface area contributed by atoms with E-state index in [1.165, 1.54) is 16.2 Å². The smallest absolute Gasteiger partial charge is 0.370 e. The Hall–Kier alpha value is -2.02. The van der Waals surface area contributed by atoms with E-state index in [2.05, 4.69) is 31.3 Å². The minimum Gasteiger partial charge on any atom is -0.370 e. The number of ether oxygens (including phenoxy) is 1. The zero-order valence-electron chi connectivity index (χ0n) is 15.6. The number of hydrogen-bond acceptors (Lipinski definition) is 5. The van der Waals surface area contributed by atoms with Gasteiger partial charge < -0.3 is 15.0 Å². The van der Waals surface area contributed by atoms with Crippen LogP contribution in [0.3, 0.4) is 0 Å². The third-order valence-corrected chi connectivity index (χ3v) is 6.40. The van der Waals surface area contributed by atoms with Gasteiger partial charge in [-0.15, -0.1) is 11.3 Å². The fourth-order valence-electron chi connectivity index (χ4n) is 3.24. The lowest BCUT2D eigenvalue weighted by Crippen LogP contribution is -3.14. The Balaban J connectivity index is 1.62. The Morgan fingerprint density at radius 2 is 2.13 bits per heavy atom. The summed E-state index contributed by atoms with van der Waals surface area (Å²) in [4.78, 5) is 18.8. The Morgan fingerprint density at radius 3 is 2.80 bits per heavy atom. The molecule has 4 rings (SSSR count). The predicted octanol–water partition coefficient (Wildman–Crippen LogP) is 1.88. The first-order valence-corrected chi connectivity index (χ1v) is 10.9. The lowest BCUT2D eigenvalue weighted by Gasteiger charge is -2.23. The van der Waals surface area contributed by atoms with Gasteiger partial charge in [-0.2, -0.15) is 18.3 Å². The summed E-state index contributed by atoms with van der Waals surface area (Å²) in [6, 6.07) is 4.37. The third kappa shape index (κ3) is 4.36. The van der Waals surface area contributed by atoms with Gasteiger partial charge in [0.25, 0.3) is 5.91 Å². The summed E-state index contributed by atoms with van der Waals surface area (Å²) >= 11 is 4.51. The fourth-order valence-corrected chi connectivity index (χ4v) is 4.44. The highest BCUT2D eigenvalue weighted by Crippen LogP contribution is 2.35. The molecule has 3 aromatic heterocycles. The molecule has 1 amide bonds. The minimum atomic E-state index is -4.66. The molecule has 0 aromatic carbocycles. The van der Waals surface area contributed by atoms with Gasteiger partial charge >= 0.3 is 6.18 Å². The van der Waals surface area contributed by atoms with E-state index in [-0.39, 0.29) is 21.5 Å². The van der Waals surface area contributed by atoms with E-state index >= 15 is 0 Å². The number of fused-ring (bicyclic) bond motifs is 1. The van der Waals surface area contributed by atoms with Gasteiger partial charge in [0.05, 0.1) is 41.3 Å². The number of morpholine rings is 1. The van der Waals surface area contributed by atoms with E-state index in [4.69, 9.17) is 4.74 Å². The number of alkyl halides is 3. The lowest BCUT2D eigenvalue weighted by atomic mass is 10.2. The first-order valence-electron chi connectivity index (χ1n) is 9.24. The molecule has 0 atom stereocenters. The monoisotopic (exact) mass is 504 g/mol. The second-order valence-corrected chi connectivity index (χ2v) is 8.51. The van der Waals surface area contributed by atoms with Crippen molar-refractivity contribution in [2.45, 2.75) is 6.18 Å². The quantitative estimate of drug-likeness (QED) is 0.556. The van der Waals surface area contributed by atoms with Crippen molar-refractivity contribution in [3.63, 3.8) is 0 Å². The molecule has 1 fully saturated rings. The highest BCUT2D eigenvalue weighted by atomic mass is 79.9. The van der Waals surface area contributed by atoms with E-state index in [1.54, 1.807) is 17.5 Å². The maximum Gasteiger partial charge on any atom is 0.433 e. The standard InChI is InChI=1S/C18H17BrF3N5O2S/c19-14-15(17(28)23-3-4-26-5-7-29-8-6-26)25-27-13(18(20,21)22)10-11(24-16(14)27)12-2-1-9-30-12/h1-2,9-10H,3-8H2,(H,23,28)/p+1. The molecule has 12 heteroatoms. The molecule has 1 saturated heterocycles. The molecule has 1 aliphatic heterocycles. The summed E-state index contributed by atoms with van der Waals surface area (Å²) in [5, 5.41) is 8.41. The van der Waals surface area contributed by atoms with E-state index in [9.17, 15) is 18.0 Å². The van der Waals surface area contributed by atoms with E-state index in [1.807, 2.05) is 0 Å². The third-order valence-electron chi connectivity index (χ3n) is 4.78. The molecule has 0 radical (unpaired) electrons. The van der Waals surface area contributed by atoms with Crippen molar-refractivity contribution in [3.8, 4) is 10.6 Å². The van der Waals surface area contributed by atoms with Crippen molar-refractivity contribution in [2.75, 3.05) is 39.4 Å². The molecule has 160 valence electrons. The van der Waals surface area contributed by atoms with Crippen molar-refractivity contribution >= 4 is 38.8 Å². The van der Waals surface area contributed by atoms with Crippen LogP contribution in [0, 0.1) is 0 Å². The number of halogens is 4. The fraction of sp³-hybridized carbons (Fsp3) is 0.389. The number of carbonyl (C=O) groups is 1. The number of hydrogen-bond donors (Lipinski definition) is 2. The number of aromatic nitrogens is 3. The van der Waals surface area contributed by atoms with Crippen LogP contribution in [0.5, 0.6) is 0 Å². The van der Waals surface area contributed by atoms with Gasteiger partial charge in [0.1, 0.15) is 13.1 Å². The summed E-state index contributed by atoms with van der Waals surface area (Å²) in [7, 11) is 0. The first-order chi connectivity index (χ1) is 14.3. The Kier molecular flexibility index (Phi) is 6.09. The molecule has 30 heavy (non-hydrogen) atoms. The van der Waals surface area contributed by atoms with Crippen LogP contribution in [-0.2, 0) is 10.9 Å². The molecule has 0 unspecified atom stereocenters. The summed E-state index contributed by atoms with van der Waals surface area (Å²) in [5.41, 5.74) is -1.01. The molecule has 0 saturated carbocycles. The van der Waals surface area contributed by atoms with E-state index in [0.29, 0.717) is 35.7 Å². The van der Waals surface area contributed by atoms with Crippen molar-refractivity contribution in [1.82, 2.24) is 19.9 Å². The molecule has 1 aliphatic rings. The van der Waals surface area contributed by atoms with Gasteiger partial charge in [-0.3, -0.25) is 4.79 Å². The van der Waals surface area contributed by atoms with Gasteiger partial charge in [-0.25, -0.2) is 9.50 Å². The zero-order chi connectivity index (χ0) is 21.3. The maximum absolute atomic E-state index is 13.7. The summed E-state index contributed by atoms with van der Waals surface area (Å²) in [5.74, 6) is -0.550. The topological polar surface area (TPSA) is 73.0 Å². The van der Waals surface area contributed by atoms with Crippen LogP contribution in [0.1, 0.15) is 16.2 Å². The van der Waals surface area contributed by atoms with Crippen LogP contribution in [0.25, 0.3) is 16.2 Å². The van der Waals surface area contributed by atoms with Gasteiger partial charge in [0.2, 0.25) is 0 Å². The van der Waals surface area contributed by atoms with Crippen molar-refractivity contribution in [3.05, 3.63) is 39.4 Å². The first kappa shape index (κ1) is 21.2. The van der Waals surface area contributed by atoms with Crippen LogP contribution >= 0.6 is 27.3 Å². The zero-order valence-corrected chi connectivity index (χ0v) is 18.0. The molecule has 3 aromatic rings. The summed E-state index contributed by atoms with van der Waals surface area (Å²) in [6.07, 6.45) is -4.66. The number of thiophene rings is 1. The number of nitrogens with zero attached hydrogens (tertiary/aromatic N) is 3. The minimum absolute atomic E-state index is 0.0582. The SMILES string of the molecule is O=C(NCC[NH+]1CCOCC1)c1nn2c(C(F)(F)F)cc(-c3cccs3)nc2c1Br. The van der Waals surface area contributed by atoms with Gasteiger partial charge in [0, 0.05) is 0 Å². The number of nitrogens with one attached hydrogen (secondary N) is 2. The van der Waals surface area contributed by atoms with Gasteiger partial charge in [-0.1, -0.05) is 6.07 Å². The van der Waals surface area contributed by atoms with E-state index < -0.39 is 17.8 Å². The number of rotatable bonds is 5. The van der Waals surface area contributed by atoms with Crippen LogP contribution in [-0.4, -0.2) is 59.9 Å². The summed E-state index contributed by atoms with van der Waals surface area (Å²) < 4.78 is 47.1. The van der Waals surface area contributed by atoms with Gasteiger partial charge in [0.15, 0.2) is 17.0 Å². The molecule has 0 aliphatic carbocycles. The molecular formula is C18H18BrF3N5O2S+. The maximum atomic E-state index is 13.7. The average molecular weight is 505 g/mol. The van der Waals surface area contributed by atoms with Crippen molar-refractivity contribution in [2.24, 2.45) is 0 Å². The predicted molar refractivity (Wildman–Crippen MR) is 108 cm³/mol. The van der Waals surface area contributed by atoms with Crippen molar-refractivity contribution in [1.29, 1.82) is 0 Å². The Bertz CT molecular complexity index is 1050. The number of carbonyl (C=O) groups excluding carboxylic acids is 1. The highest BCUT2D eigenvalue weighted by molar-refractivity contribution is 9.10. The molecule has 7 nitrogen and oxygen atoms in total. The van der Waals surface area contributed by atoms with E-state index in [0.717, 1.165) is 19.2 Å². The summed E-state index contributed by atoms with van der Waals surface area (Å²) in [6.45, 7) is 4.17. The number of quaternary nitrogens is 1. The van der Waals surface area contributed by atoms with Crippen molar-refractivity contribution < 1.29 is 27.6 Å². The van der Waals surface area contributed by atoms with Crippen LogP contribution in [0.2, 0.25) is 0 Å². The normalized spacial score (nSPS) is 15.6. The highest BCUT2D eigenvalue weighted by Gasteiger charge is 2.36. The molecule has 0 spiro atoms. The molecule has 4 heterocycles.